The summed E-state index contributed by atoms with van der Waals surface area (Å²) in [7, 11) is 0. The third-order valence-corrected chi connectivity index (χ3v) is 3.59. The van der Waals surface area contributed by atoms with Crippen LogP contribution >= 0.6 is 0 Å². The van der Waals surface area contributed by atoms with E-state index in [1.165, 1.54) is 58.7 Å². The highest BCUT2D eigenvalue weighted by molar-refractivity contribution is 5.37. The molecule has 2 heterocycles. The van der Waals surface area contributed by atoms with Crippen LogP contribution in [-0.2, 0) is 9.53 Å². The lowest BCUT2D eigenvalue weighted by Crippen LogP contribution is -2.46. The highest BCUT2D eigenvalue weighted by Crippen LogP contribution is 2.13. The Kier molecular flexibility index (Phi) is 8.11. The van der Waals surface area contributed by atoms with Crippen molar-refractivity contribution >= 4 is 6.47 Å². The predicted molar refractivity (Wildman–Crippen MR) is 81.8 cm³/mol. The van der Waals surface area contributed by atoms with Gasteiger partial charge in [-0.2, -0.15) is 0 Å². The van der Waals surface area contributed by atoms with Gasteiger partial charge in [0.25, 0.3) is 6.47 Å². The summed E-state index contributed by atoms with van der Waals surface area (Å²) in [6.07, 6.45) is 2.76. The van der Waals surface area contributed by atoms with Crippen LogP contribution in [0.5, 0.6) is 0 Å². The summed E-state index contributed by atoms with van der Waals surface area (Å²) in [5.74, 6) is 0.958. The maximum atomic E-state index is 9.60. The zero-order valence-electron chi connectivity index (χ0n) is 13.3. The topological polar surface area (TPSA) is 53.6 Å². The van der Waals surface area contributed by atoms with E-state index in [1.807, 2.05) is 20.8 Å². The zero-order valence-corrected chi connectivity index (χ0v) is 13.3. The van der Waals surface area contributed by atoms with Crippen molar-refractivity contribution in [3.63, 3.8) is 0 Å². The first-order valence-corrected chi connectivity index (χ1v) is 7.76. The molecule has 0 amide bonds. The quantitative estimate of drug-likeness (QED) is 0.753. The van der Waals surface area contributed by atoms with Gasteiger partial charge < -0.3 is 20.3 Å². The second-order valence-corrected chi connectivity index (χ2v) is 6.57. The molecular formula is C15H31N3O2. The first-order valence-electron chi connectivity index (χ1n) is 7.76. The molecule has 118 valence electrons. The Morgan fingerprint density at radius 1 is 1.10 bits per heavy atom. The molecule has 0 aromatic rings. The van der Waals surface area contributed by atoms with Gasteiger partial charge in [0.1, 0.15) is 5.60 Å². The fourth-order valence-electron chi connectivity index (χ4n) is 2.47. The summed E-state index contributed by atoms with van der Waals surface area (Å²) in [5, 5.41) is 6.82. The van der Waals surface area contributed by atoms with Gasteiger partial charge >= 0.3 is 0 Å². The van der Waals surface area contributed by atoms with E-state index in [1.54, 1.807) is 0 Å². The largest absolute Gasteiger partial charge is 0.462 e. The molecule has 0 atom stereocenters. The van der Waals surface area contributed by atoms with E-state index in [9.17, 15) is 4.79 Å². The maximum Gasteiger partial charge on any atom is 0.293 e. The smallest absolute Gasteiger partial charge is 0.293 e. The molecule has 0 unspecified atom stereocenters. The van der Waals surface area contributed by atoms with Gasteiger partial charge in [0, 0.05) is 32.7 Å². The minimum atomic E-state index is -0.318. The Labute approximate surface area is 123 Å². The molecule has 0 spiro atoms. The molecule has 0 aliphatic carbocycles. The van der Waals surface area contributed by atoms with Gasteiger partial charge in [-0.25, -0.2) is 0 Å². The minimum absolute atomic E-state index is 0.318. The summed E-state index contributed by atoms with van der Waals surface area (Å²) in [5.41, 5.74) is -0.318. The van der Waals surface area contributed by atoms with Gasteiger partial charge in [0.15, 0.2) is 0 Å². The molecule has 2 aliphatic heterocycles. The van der Waals surface area contributed by atoms with Crippen LogP contribution in [-0.4, -0.2) is 62.8 Å². The number of piperidine rings is 1. The third-order valence-electron chi connectivity index (χ3n) is 3.59. The number of nitrogens with one attached hydrogen (secondary N) is 2. The average molecular weight is 285 g/mol. The Hall–Kier alpha value is -0.650. The van der Waals surface area contributed by atoms with Crippen molar-refractivity contribution < 1.29 is 9.53 Å². The molecule has 5 heteroatoms. The Morgan fingerprint density at radius 3 is 2.10 bits per heavy atom. The molecule has 2 aliphatic rings. The summed E-state index contributed by atoms with van der Waals surface area (Å²) < 4.78 is 4.55. The monoisotopic (exact) mass is 285 g/mol. The Morgan fingerprint density at radius 2 is 1.65 bits per heavy atom. The van der Waals surface area contributed by atoms with Crippen molar-refractivity contribution in [1.82, 2.24) is 15.5 Å². The number of nitrogens with zero attached hydrogens (tertiary/aromatic N) is 1. The zero-order chi connectivity index (χ0) is 14.8. The molecule has 0 saturated carbocycles. The van der Waals surface area contributed by atoms with E-state index in [2.05, 4.69) is 20.3 Å². The van der Waals surface area contributed by atoms with E-state index in [4.69, 9.17) is 0 Å². The minimum Gasteiger partial charge on any atom is -0.462 e. The average Bonchev–Trinajstić information content (AvgIpc) is 2.40. The number of piperazine rings is 1. The molecule has 2 fully saturated rings. The molecule has 0 aromatic heterocycles. The lowest BCUT2D eigenvalue weighted by atomic mass is 9.97. The highest BCUT2D eigenvalue weighted by atomic mass is 16.5. The first kappa shape index (κ1) is 17.4. The highest BCUT2D eigenvalue weighted by Gasteiger charge is 2.17. The third kappa shape index (κ3) is 8.51. The predicted octanol–water partition coefficient (Wildman–Crippen LogP) is 0.849. The van der Waals surface area contributed by atoms with Crippen molar-refractivity contribution in [2.45, 2.75) is 39.2 Å². The van der Waals surface area contributed by atoms with Crippen LogP contribution in [0.4, 0.5) is 0 Å². The van der Waals surface area contributed by atoms with Gasteiger partial charge in [0.2, 0.25) is 0 Å². The second-order valence-electron chi connectivity index (χ2n) is 6.57. The van der Waals surface area contributed by atoms with Crippen molar-refractivity contribution in [3.8, 4) is 0 Å². The SMILES string of the molecule is C1CC(CN2CCNCC2)CCN1.CC(C)(C)OC=O. The van der Waals surface area contributed by atoms with Gasteiger partial charge in [-0.1, -0.05) is 0 Å². The number of carbonyl (C=O) groups excluding carboxylic acids is 1. The van der Waals surface area contributed by atoms with Gasteiger partial charge in [-0.15, -0.1) is 0 Å². The van der Waals surface area contributed by atoms with Crippen molar-refractivity contribution in [2.75, 3.05) is 45.8 Å². The summed E-state index contributed by atoms with van der Waals surface area (Å²) in [6, 6.07) is 0. The molecule has 0 bridgehead atoms. The maximum absolute atomic E-state index is 9.60. The van der Waals surface area contributed by atoms with Crippen LogP contribution in [0.25, 0.3) is 0 Å². The molecule has 20 heavy (non-hydrogen) atoms. The fourth-order valence-corrected chi connectivity index (χ4v) is 2.47. The van der Waals surface area contributed by atoms with E-state index >= 15 is 0 Å². The lowest BCUT2D eigenvalue weighted by Gasteiger charge is -2.32. The van der Waals surface area contributed by atoms with Crippen LogP contribution < -0.4 is 10.6 Å². The lowest BCUT2D eigenvalue weighted by molar-refractivity contribution is -0.138. The van der Waals surface area contributed by atoms with E-state index in [0.717, 1.165) is 5.92 Å². The molecule has 2 saturated heterocycles. The number of ether oxygens (including phenoxy) is 1. The van der Waals surface area contributed by atoms with Gasteiger partial charge in [-0.3, -0.25) is 4.79 Å². The van der Waals surface area contributed by atoms with Crippen LogP contribution in [0.3, 0.4) is 0 Å². The summed E-state index contributed by atoms with van der Waals surface area (Å²) in [4.78, 5) is 12.2. The van der Waals surface area contributed by atoms with E-state index < -0.39 is 0 Å². The van der Waals surface area contributed by atoms with Crippen molar-refractivity contribution in [2.24, 2.45) is 5.92 Å². The van der Waals surface area contributed by atoms with Crippen LogP contribution in [0.1, 0.15) is 33.6 Å². The summed E-state index contributed by atoms with van der Waals surface area (Å²) in [6.45, 7) is 14.6. The molecule has 0 aromatic carbocycles. The van der Waals surface area contributed by atoms with E-state index in [-0.39, 0.29) is 5.60 Å². The van der Waals surface area contributed by atoms with E-state index in [0.29, 0.717) is 6.47 Å². The molecular weight excluding hydrogens is 254 g/mol. The molecule has 5 nitrogen and oxygen atoms in total. The Bertz CT molecular complexity index is 238. The summed E-state index contributed by atoms with van der Waals surface area (Å²) >= 11 is 0. The van der Waals surface area contributed by atoms with Crippen LogP contribution in [0.15, 0.2) is 0 Å². The standard InChI is InChI=1S/C10H21N3.C5H10O2/c1-3-11-4-2-10(1)9-13-7-5-12-6-8-13;1-5(2,3)7-4-6/h10-12H,1-9H2;4H,1-3H3. The fraction of sp³-hybridized carbons (Fsp3) is 0.933. The van der Waals surface area contributed by atoms with Crippen LogP contribution in [0.2, 0.25) is 0 Å². The number of hydrogen-bond donors (Lipinski definition) is 2. The van der Waals surface area contributed by atoms with Crippen molar-refractivity contribution in [1.29, 1.82) is 0 Å². The van der Waals surface area contributed by atoms with Gasteiger partial charge in [0.05, 0.1) is 0 Å². The first-order chi connectivity index (χ1) is 9.51. The number of hydrogen-bond acceptors (Lipinski definition) is 5. The molecule has 2 N–H and O–H groups in total. The molecule has 2 rings (SSSR count). The second kappa shape index (κ2) is 9.32. The van der Waals surface area contributed by atoms with Crippen molar-refractivity contribution in [3.05, 3.63) is 0 Å². The number of rotatable bonds is 3. The Balaban J connectivity index is 0.000000246. The molecule has 0 radical (unpaired) electrons. The van der Waals surface area contributed by atoms with Gasteiger partial charge in [-0.05, 0) is 52.6 Å². The number of carbonyl (C=O) groups is 1. The van der Waals surface area contributed by atoms with Crippen LogP contribution in [0, 0.1) is 5.92 Å². The normalized spacial score (nSPS) is 21.8.